The molecular weight excluding hydrogens is 240 g/mol. The quantitative estimate of drug-likeness (QED) is 0.610. The third-order valence-electron chi connectivity index (χ3n) is 1.99. The van der Waals surface area contributed by atoms with E-state index >= 15 is 0 Å². The van der Waals surface area contributed by atoms with Gasteiger partial charge in [0, 0.05) is 5.56 Å². The predicted molar refractivity (Wildman–Crippen MR) is 64.8 cm³/mol. The number of para-hydroxylation sites is 1. The van der Waals surface area contributed by atoms with Crippen molar-refractivity contribution in [3.05, 3.63) is 51.2 Å². The van der Waals surface area contributed by atoms with Gasteiger partial charge in [0.25, 0.3) is 5.56 Å². The Balaban J connectivity index is 2.43. The molecule has 0 saturated carbocycles. The number of nitrogens with zero attached hydrogens (tertiary/aromatic N) is 3. The van der Waals surface area contributed by atoms with Gasteiger partial charge in [-0.15, -0.1) is 0 Å². The standard InChI is InChI=1S/C10H8N4O2S/c15-8-4-2-1-3-7(8)5-12-14-9(16)6-11-13-10(14)17/h1-6,15H,(H,13,17)/b12-5+. The van der Waals surface area contributed by atoms with Crippen LogP contribution in [0.1, 0.15) is 5.56 Å². The Morgan fingerprint density at radius 1 is 1.47 bits per heavy atom. The smallest absolute Gasteiger partial charge is 0.293 e. The fourth-order valence-corrected chi connectivity index (χ4v) is 1.36. The minimum absolute atomic E-state index is 0.0771. The van der Waals surface area contributed by atoms with Crippen molar-refractivity contribution in [2.75, 3.05) is 0 Å². The molecule has 0 bridgehead atoms. The van der Waals surface area contributed by atoms with Gasteiger partial charge in [0.1, 0.15) is 11.9 Å². The SMILES string of the molecule is O=c1cn[nH]c(=S)n1/N=C/c1ccccc1O. The summed E-state index contributed by atoms with van der Waals surface area (Å²) in [5.41, 5.74) is 0.0473. The van der Waals surface area contributed by atoms with Gasteiger partial charge in [-0.25, -0.2) is 0 Å². The number of nitrogens with one attached hydrogen (secondary N) is 1. The molecule has 0 aliphatic carbocycles. The maximum Gasteiger partial charge on any atom is 0.293 e. The monoisotopic (exact) mass is 248 g/mol. The van der Waals surface area contributed by atoms with Gasteiger partial charge < -0.3 is 5.11 Å². The average Bonchev–Trinajstić information content (AvgIpc) is 2.30. The van der Waals surface area contributed by atoms with E-state index in [9.17, 15) is 9.90 Å². The molecule has 0 saturated heterocycles. The molecule has 2 aromatic rings. The molecule has 0 spiro atoms. The molecule has 86 valence electrons. The highest BCUT2D eigenvalue weighted by molar-refractivity contribution is 7.71. The summed E-state index contributed by atoms with van der Waals surface area (Å²) in [5, 5.41) is 19.4. The number of aromatic nitrogens is 3. The Kier molecular flexibility index (Phi) is 3.10. The van der Waals surface area contributed by atoms with Crippen molar-refractivity contribution in [3.63, 3.8) is 0 Å². The van der Waals surface area contributed by atoms with Crippen molar-refractivity contribution in [3.8, 4) is 5.75 Å². The van der Waals surface area contributed by atoms with Crippen LogP contribution >= 0.6 is 12.2 Å². The Morgan fingerprint density at radius 3 is 2.94 bits per heavy atom. The number of aromatic amines is 1. The second-order valence-electron chi connectivity index (χ2n) is 3.13. The Bertz CT molecular complexity index is 646. The highest BCUT2D eigenvalue weighted by Crippen LogP contribution is 2.12. The van der Waals surface area contributed by atoms with Gasteiger partial charge in [0.05, 0.1) is 6.21 Å². The topological polar surface area (TPSA) is 83.3 Å². The summed E-state index contributed by atoms with van der Waals surface area (Å²) in [4.78, 5) is 11.4. The highest BCUT2D eigenvalue weighted by Gasteiger charge is 1.97. The van der Waals surface area contributed by atoms with Crippen molar-refractivity contribution >= 4 is 18.4 Å². The first-order valence-corrected chi connectivity index (χ1v) is 5.08. The number of hydrogen-bond donors (Lipinski definition) is 2. The molecule has 2 N–H and O–H groups in total. The number of H-pyrrole nitrogens is 1. The van der Waals surface area contributed by atoms with Crippen molar-refractivity contribution in [1.29, 1.82) is 0 Å². The van der Waals surface area contributed by atoms with Crippen LogP contribution in [-0.2, 0) is 0 Å². The summed E-state index contributed by atoms with van der Waals surface area (Å²) in [6.07, 6.45) is 2.42. The molecule has 1 aromatic carbocycles. The molecule has 0 radical (unpaired) electrons. The molecule has 7 heteroatoms. The van der Waals surface area contributed by atoms with E-state index in [0.29, 0.717) is 5.56 Å². The number of phenols is 1. The molecule has 17 heavy (non-hydrogen) atoms. The Morgan fingerprint density at radius 2 is 2.24 bits per heavy atom. The summed E-state index contributed by atoms with van der Waals surface area (Å²) in [5.74, 6) is 0.0771. The van der Waals surface area contributed by atoms with E-state index in [1.54, 1.807) is 18.2 Å². The van der Waals surface area contributed by atoms with Crippen molar-refractivity contribution in [1.82, 2.24) is 14.9 Å². The first-order chi connectivity index (χ1) is 8.18. The van der Waals surface area contributed by atoms with Gasteiger partial charge in [-0.2, -0.15) is 14.9 Å². The predicted octanol–water partition coefficient (Wildman–Crippen LogP) is 0.889. The number of benzene rings is 1. The Labute approximate surface area is 101 Å². The highest BCUT2D eigenvalue weighted by atomic mass is 32.1. The van der Waals surface area contributed by atoms with E-state index in [0.717, 1.165) is 10.9 Å². The van der Waals surface area contributed by atoms with Crippen LogP contribution in [0.4, 0.5) is 0 Å². The maximum absolute atomic E-state index is 11.4. The van der Waals surface area contributed by atoms with Crippen LogP contribution in [0, 0.1) is 4.77 Å². The van der Waals surface area contributed by atoms with Gasteiger partial charge in [-0.05, 0) is 24.4 Å². The van der Waals surface area contributed by atoms with Gasteiger partial charge in [-0.3, -0.25) is 9.89 Å². The molecular formula is C10H8N4O2S. The molecule has 0 amide bonds. The summed E-state index contributed by atoms with van der Waals surface area (Å²) >= 11 is 4.86. The van der Waals surface area contributed by atoms with Gasteiger partial charge in [-0.1, -0.05) is 12.1 Å². The summed E-state index contributed by atoms with van der Waals surface area (Å²) in [6, 6.07) is 6.63. The van der Waals surface area contributed by atoms with E-state index in [1.165, 1.54) is 12.3 Å². The van der Waals surface area contributed by atoms with E-state index in [-0.39, 0.29) is 10.5 Å². The van der Waals surface area contributed by atoms with Crippen molar-refractivity contribution in [2.24, 2.45) is 5.10 Å². The van der Waals surface area contributed by atoms with Crippen LogP contribution in [0.5, 0.6) is 5.75 Å². The van der Waals surface area contributed by atoms with Crippen molar-refractivity contribution < 1.29 is 5.11 Å². The molecule has 1 heterocycles. The van der Waals surface area contributed by atoms with Crippen LogP contribution in [0.15, 0.2) is 40.4 Å². The molecule has 6 nitrogen and oxygen atoms in total. The zero-order chi connectivity index (χ0) is 12.3. The second kappa shape index (κ2) is 4.71. The summed E-state index contributed by atoms with van der Waals surface area (Å²) < 4.78 is 1.07. The van der Waals surface area contributed by atoms with Crippen LogP contribution in [0.3, 0.4) is 0 Å². The lowest BCUT2D eigenvalue weighted by Gasteiger charge is -1.98. The van der Waals surface area contributed by atoms with Crippen LogP contribution in [0.25, 0.3) is 0 Å². The molecule has 0 aliphatic rings. The zero-order valence-electron chi connectivity index (χ0n) is 8.57. The average molecular weight is 248 g/mol. The van der Waals surface area contributed by atoms with E-state index in [2.05, 4.69) is 15.3 Å². The number of phenolic OH excluding ortho intramolecular Hbond substituents is 1. The fourth-order valence-electron chi connectivity index (χ4n) is 1.17. The minimum Gasteiger partial charge on any atom is -0.507 e. The Hall–Kier alpha value is -2.28. The molecule has 2 rings (SSSR count). The lowest BCUT2D eigenvalue weighted by molar-refractivity contribution is 0.474. The summed E-state index contributed by atoms with van der Waals surface area (Å²) in [6.45, 7) is 0. The second-order valence-corrected chi connectivity index (χ2v) is 3.52. The lowest BCUT2D eigenvalue weighted by atomic mass is 10.2. The van der Waals surface area contributed by atoms with Gasteiger partial charge >= 0.3 is 0 Å². The largest absolute Gasteiger partial charge is 0.507 e. The lowest BCUT2D eigenvalue weighted by Crippen LogP contribution is -2.18. The van der Waals surface area contributed by atoms with E-state index in [1.807, 2.05) is 0 Å². The van der Waals surface area contributed by atoms with E-state index in [4.69, 9.17) is 12.2 Å². The van der Waals surface area contributed by atoms with Gasteiger partial charge in [0.2, 0.25) is 4.77 Å². The molecule has 0 atom stereocenters. The third kappa shape index (κ3) is 2.45. The van der Waals surface area contributed by atoms with Crippen LogP contribution in [-0.4, -0.2) is 26.2 Å². The van der Waals surface area contributed by atoms with Crippen LogP contribution in [0.2, 0.25) is 0 Å². The molecule has 1 aromatic heterocycles. The maximum atomic E-state index is 11.4. The fraction of sp³-hybridized carbons (Fsp3) is 0. The zero-order valence-corrected chi connectivity index (χ0v) is 9.39. The number of rotatable bonds is 2. The third-order valence-corrected chi connectivity index (χ3v) is 2.25. The molecule has 0 unspecified atom stereocenters. The molecule has 0 aliphatic heterocycles. The van der Waals surface area contributed by atoms with E-state index < -0.39 is 5.56 Å². The van der Waals surface area contributed by atoms with Gasteiger partial charge in [0.15, 0.2) is 0 Å². The van der Waals surface area contributed by atoms with Crippen LogP contribution < -0.4 is 5.56 Å². The minimum atomic E-state index is -0.444. The first kappa shape index (κ1) is 11.2. The number of hydrogen-bond acceptors (Lipinski definition) is 5. The molecule has 0 fully saturated rings. The summed E-state index contributed by atoms with van der Waals surface area (Å²) in [7, 11) is 0. The number of aromatic hydroxyl groups is 1. The normalized spacial score (nSPS) is 10.8. The van der Waals surface area contributed by atoms with Crippen molar-refractivity contribution in [2.45, 2.75) is 0 Å². The first-order valence-electron chi connectivity index (χ1n) is 4.67.